The molecular formula is C39H31NO4. The van der Waals surface area contributed by atoms with Gasteiger partial charge in [0.25, 0.3) is 0 Å². The van der Waals surface area contributed by atoms with Crippen molar-refractivity contribution in [2.45, 2.75) is 57.8 Å². The first-order valence-corrected chi connectivity index (χ1v) is 15.2. The van der Waals surface area contributed by atoms with Gasteiger partial charge in [-0.3, -0.25) is 0 Å². The van der Waals surface area contributed by atoms with Gasteiger partial charge in [0.15, 0.2) is 11.5 Å². The van der Waals surface area contributed by atoms with Crippen LogP contribution in [0.15, 0.2) is 90.4 Å². The molecule has 44 heavy (non-hydrogen) atoms. The molecule has 0 radical (unpaired) electrons. The van der Waals surface area contributed by atoms with Gasteiger partial charge in [-0.15, -0.1) is 0 Å². The van der Waals surface area contributed by atoms with Crippen LogP contribution in [0.5, 0.6) is 0 Å². The molecule has 0 spiro atoms. The molecule has 5 aliphatic rings. The number of fused-ring (bicyclic) bond motifs is 1. The lowest BCUT2D eigenvalue weighted by molar-refractivity contribution is -0.131. The van der Waals surface area contributed by atoms with Gasteiger partial charge in [0.1, 0.15) is 11.1 Å². The smallest absolute Gasteiger partial charge is 0.348 e. The summed E-state index contributed by atoms with van der Waals surface area (Å²) in [6, 6.07) is 26.9. The molecule has 0 saturated heterocycles. The van der Waals surface area contributed by atoms with Crippen molar-refractivity contribution < 1.29 is 19.1 Å². The molecule has 5 heterocycles. The molecular weight excluding hydrogens is 546 g/mol. The summed E-state index contributed by atoms with van der Waals surface area (Å²) in [7, 11) is 0. The largest absolute Gasteiger partial charge is 0.418 e. The molecule has 0 saturated carbocycles. The first-order chi connectivity index (χ1) is 20.9. The van der Waals surface area contributed by atoms with Crippen LogP contribution in [0.25, 0.3) is 11.1 Å². The van der Waals surface area contributed by atoms with Gasteiger partial charge in [0.05, 0.1) is 17.1 Å². The molecule has 0 unspecified atom stereocenters. The molecule has 0 aromatic heterocycles. The van der Waals surface area contributed by atoms with Gasteiger partial charge in [-0.25, -0.2) is 9.59 Å². The van der Waals surface area contributed by atoms with Crippen molar-refractivity contribution in [3.05, 3.63) is 135 Å². The highest BCUT2D eigenvalue weighted by atomic mass is 16.6. The SMILES string of the molecule is CC1(C)c2cccc3c2N2c4c1cccc4C(C)(C)c1cc(C4=C5OC(=O)C(c6ccccc6)=C5OC4=O)cc(c12)C3(C)C. The number of hydrogen-bond acceptors (Lipinski definition) is 5. The third-order valence-electron chi connectivity index (χ3n) is 10.7. The first kappa shape index (κ1) is 25.6. The molecule has 5 aliphatic heterocycles. The maximum absolute atomic E-state index is 13.6. The number of esters is 2. The maximum Gasteiger partial charge on any atom is 0.348 e. The summed E-state index contributed by atoms with van der Waals surface area (Å²) in [5, 5.41) is 0. The van der Waals surface area contributed by atoms with E-state index in [0.717, 1.165) is 11.1 Å². The third kappa shape index (κ3) is 2.81. The molecule has 5 heteroatoms. The first-order valence-electron chi connectivity index (χ1n) is 15.2. The van der Waals surface area contributed by atoms with Crippen LogP contribution >= 0.6 is 0 Å². The number of para-hydroxylation sites is 2. The van der Waals surface area contributed by atoms with Gasteiger partial charge >= 0.3 is 11.9 Å². The zero-order valence-corrected chi connectivity index (χ0v) is 25.6. The fourth-order valence-electron chi connectivity index (χ4n) is 8.33. The minimum absolute atomic E-state index is 0.167. The van der Waals surface area contributed by atoms with E-state index in [1.807, 2.05) is 30.3 Å². The highest BCUT2D eigenvalue weighted by Crippen LogP contribution is 2.66. The average Bonchev–Trinajstić information content (AvgIpc) is 3.47. The number of anilines is 3. The molecule has 5 nitrogen and oxygen atoms in total. The van der Waals surface area contributed by atoms with Gasteiger partial charge in [-0.05, 0) is 56.6 Å². The Morgan fingerprint density at radius 2 is 0.864 bits per heavy atom. The third-order valence-corrected chi connectivity index (χ3v) is 10.7. The summed E-state index contributed by atoms with van der Waals surface area (Å²) in [6.45, 7) is 13.8. The van der Waals surface area contributed by atoms with E-state index >= 15 is 0 Å². The summed E-state index contributed by atoms with van der Waals surface area (Å²) in [4.78, 5) is 29.3. The van der Waals surface area contributed by atoms with Crippen molar-refractivity contribution in [2.75, 3.05) is 4.90 Å². The number of carbonyl (C=O) groups is 2. The molecule has 0 N–H and O–H groups in total. The summed E-state index contributed by atoms with van der Waals surface area (Å²) < 4.78 is 11.6. The van der Waals surface area contributed by atoms with Crippen LogP contribution < -0.4 is 4.90 Å². The summed E-state index contributed by atoms with van der Waals surface area (Å²) in [5.41, 5.74) is 12.2. The molecule has 9 rings (SSSR count). The molecule has 4 aromatic rings. The van der Waals surface area contributed by atoms with Crippen molar-refractivity contribution in [1.29, 1.82) is 0 Å². The maximum atomic E-state index is 13.6. The molecule has 216 valence electrons. The van der Waals surface area contributed by atoms with Gasteiger partial charge in [-0.2, -0.15) is 0 Å². The zero-order valence-electron chi connectivity index (χ0n) is 25.6. The average molecular weight is 578 g/mol. The van der Waals surface area contributed by atoms with Gasteiger partial charge in [0, 0.05) is 16.2 Å². The lowest BCUT2D eigenvalue weighted by atomic mass is 9.60. The number of ether oxygens (including phenoxy) is 2. The van der Waals surface area contributed by atoms with E-state index in [-0.39, 0.29) is 33.3 Å². The molecule has 0 fully saturated rings. The second-order valence-electron chi connectivity index (χ2n) is 14.1. The number of hydrogen-bond donors (Lipinski definition) is 0. The standard InChI is InChI=1S/C39H31NO4/c1-37(2)22-14-10-16-24-30(22)40-31-23(37)15-11-17-25(31)39(5,6)27-19-21(18-26(32(27)40)38(24,3)4)29-34-33(43-36(29)42)28(35(41)44-34)20-12-8-7-9-13-20/h7-19H,1-6H3. The fourth-order valence-corrected chi connectivity index (χ4v) is 8.33. The van der Waals surface area contributed by atoms with Gasteiger partial charge < -0.3 is 14.4 Å². The van der Waals surface area contributed by atoms with Crippen LogP contribution in [-0.2, 0) is 35.3 Å². The Morgan fingerprint density at radius 1 is 0.477 bits per heavy atom. The van der Waals surface area contributed by atoms with Crippen LogP contribution in [0.2, 0.25) is 0 Å². The quantitative estimate of drug-likeness (QED) is 0.224. The number of carbonyl (C=O) groups excluding carboxylic acids is 2. The highest BCUT2D eigenvalue weighted by molar-refractivity contribution is 6.29. The van der Waals surface area contributed by atoms with Crippen molar-refractivity contribution in [3.8, 4) is 0 Å². The number of benzene rings is 4. The second kappa shape index (κ2) is 7.78. The van der Waals surface area contributed by atoms with Crippen LogP contribution in [-0.4, -0.2) is 11.9 Å². The summed E-state index contributed by atoms with van der Waals surface area (Å²) in [6.07, 6.45) is 0. The Labute approximate surface area is 256 Å². The topological polar surface area (TPSA) is 55.8 Å². The van der Waals surface area contributed by atoms with Gasteiger partial charge in [-0.1, -0.05) is 108 Å². The number of rotatable bonds is 2. The predicted molar refractivity (Wildman–Crippen MR) is 170 cm³/mol. The Bertz CT molecular complexity index is 2040. The Hall–Kier alpha value is -4.90. The minimum atomic E-state index is -0.509. The van der Waals surface area contributed by atoms with E-state index in [1.165, 1.54) is 39.3 Å². The fraction of sp³-hybridized carbons (Fsp3) is 0.231. The van der Waals surface area contributed by atoms with Crippen LogP contribution in [0.3, 0.4) is 0 Å². The molecule has 0 amide bonds. The Balaban J connectivity index is 1.36. The Morgan fingerprint density at radius 3 is 1.32 bits per heavy atom. The Kier molecular flexibility index (Phi) is 4.52. The second-order valence-corrected chi connectivity index (χ2v) is 14.1. The van der Waals surface area contributed by atoms with Crippen LogP contribution in [0.4, 0.5) is 17.1 Å². The van der Waals surface area contributed by atoms with Crippen molar-refractivity contribution in [1.82, 2.24) is 0 Å². The monoisotopic (exact) mass is 577 g/mol. The lowest BCUT2D eigenvalue weighted by Crippen LogP contribution is -2.43. The van der Waals surface area contributed by atoms with Crippen LogP contribution in [0.1, 0.15) is 86.1 Å². The lowest BCUT2D eigenvalue weighted by Gasteiger charge is -2.55. The molecule has 0 bridgehead atoms. The predicted octanol–water partition coefficient (Wildman–Crippen LogP) is 8.31. The summed E-state index contributed by atoms with van der Waals surface area (Å²) >= 11 is 0. The van der Waals surface area contributed by atoms with E-state index in [2.05, 4.69) is 95.0 Å². The normalized spacial score (nSPS) is 20.4. The summed E-state index contributed by atoms with van der Waals surface area (Å²) in [5.74, 6) is -0.604. The van der Waals surface area contributed by atoms with Crippen molar-refractivity contribution in [2.24, 2.45) is 0 Å². The van der Waals surface area contributed by atoms with Crippen molar-refractivity contribution >= 4 is 40.1 Å². The van der Waals surface area contributed by atoms with Crippen LogP contribution in [0, 0.1) is 0 Å². The zero-order chi connectivity index (χ0) is 30.5. The highest BCUT2D eigenvalue weighted by Gasteiger charge is 2.52. The molecule has 4 aromatic carbocycles. The van der Waals surface area contributed by atoms with Crippen molar-refractivity contribution in [3.63, 3.8) is 0 Å². The van der Waals surface area contributed by atoms with E-state index < -0.39 is 11.9 Å². The minimum Gasteiger partial charge on any atom is -0.418 e. The van der Waals surface area contributed by atoms with E-state index in [4.69, 9.17) is 9.47 Å². The molecule has 0 atom stereocenters. The van der Waals surface area contributed by atoms with E-state index in [9.17, 15) is 9.59 Å². The van der Waals surface area contributed by atoms with Gasteiger partial charge in [0.2, 0.25) is 0 Å². The van der Waals surface area contributed by atoms with E-state index in [0.29, 0.717) is 16.7 Å². The molecule has 0 aliphatic carbocycles. The number of nitrogens with zero attached hydrogens (tertiary/aromatic N) is 1. The van der Waals surface area contributed by atoms with E-state index in [1.54, 1.807) is 0 Å².